The average molecular weight is 251 g/mol. The maximum Gasteiger partial charge on any atom is 0.252 e. The second kappa shape index (κ2) is 4.24. The molecule has 1 heterocycles. The van der Waals surface area contributed by atoms with Gasteiger partial charge in [0, 0.05) is 5.56 Å². The van der Waals surface area contributed by atoms with Crippen LogP contribution in [-0.4, -0.2) is 25.2 Å². The van der Waals surface area contributed by atoms with Crippen molar-refractivity contribution >= 4 is 5.91 Å². The summed E-state index contributed by atoms with van der Waals surface area (Å²) >= 11 is 0. The van der Waals surface area contributed by atoms with Crippen molar-refractivity contribution < 1.29 is 18.7 Å². The summed E-state index contributed by atoms with van der Waals surface area (Å²) in [6, 6.07) is 2.67. The van der Waals surface area contributed by atoms with Gasteiger partial charge in [-0.05, 0) is 30.9 Å². The Morgan fingerprint density at radius 1 is 1.50 bits per heavy atom. The summed E-state index contributed by atoms with van der Waals surface area (Å²) in [5, 5.41) is 0. The molecule has 1 unspecified atom stereocenters. The van der Waals surface area contributed by atoms with Gasteiger partial charge in [0.15, 0.2) is 0 Å². The van der Waals surface area contributed by atoms with E-state index in [9.17, 15) is 9.18 Å². The molecule has 2 N–H and O–H groups in total. The van der Waals surface area contributed by atoms with E-state index < -0.39 is 5.91 Å². The minimum Gasteiger partial charge on any atom is -0.490 e. The van der Waals surface area contributed by atoms with Gasteiger partial charge in [0.05, 0.1) is 12.2 Å². The fourth-order valence-electron chi connectivity index (χ4n) is 2.02. The van der Waals surface area contributed by atoms with Crippen LogP contribution in [0.2, 0.25) is 0 Å². The van der Waals surface area contributed by atoms with Crippen molar-refractivity contribution in [1.29, 1.82) is 0 Å². The Hall–Kier alpha value is -1.62. The first-order chi connectivity index (χ1) is 8.66. The normalized spacial score (nSPS) is 21.7. The number of amides is 1. The molecular formula is C13H14FNO3. The van der Waals surface area contributed by atoms with Gasteiger partial charge < -0.3 is 15.2 Å². The van der Waals surface area contributed by atoms with Crippen molar-refractivity contribution in [2.45, 2.75) is 24.9 Å². The molecule has 1 aromatic carbocycles. The van der Waals surface area contributed by atoms with Gasteiger partial charge in [0.1, 0.15) is 24.3 Å². The molecule has 0 aromatic heterocycles. The summed E-state index contributed by atoms with van der Waals surface area (Å²) in [6.45, 7) is 0.990. The number of halogens is 1. The highest BCUT2D eigenvalue weighted by Gasteiger charge is 2.33. The first-order valence-electron chi connectivity index (χ1n) is 6.03. The molecule has 2 fully saturated rings. The van der Waals surface area contributed by atoms with Crippen LogP contribution in [0.25, 0.3) is 0 Å². The second-order valence-corrected chi connectivity index (χ2v) is 4.74. The lowest BCUT2D eigenvalue weighted by Gasteiger charge is -2.14. The molecule has 1 saturated heterocycles. The van der Waals surface area contributed by atoms with Crippen LogP contribution in [0.4, 0.5) is 4.39 Å². The van der Waals surface area contributed by atoms with E-state index in [2.05, 4.69) is 0 Å². The highest BCUT2D eigenvalue weighted by Crippen LogP contribution is 2.46. The molecule has 18 heavy (non-hydrogen) atoms. The molecule has 1 aromatic rings. The lowest BCUT2D eigenvalue weighted by molar-refractivity contribution is 0.0995. The minimum absolute atomic E-state index is 0.0565. The van der Waals surface area contributed by atoms with Gasteiger partial charge in [0.2, 0.25) is 0 Å². The number of primary amides is 1. The number of hydrogen-bond donors (Lipinski definition) is 1. The molecule has 1 aliphatic carbocycles. The third-order valence-corrected chi connectivity index (χ3v) is 3.21. The van der Waals surface area contributed by atoms with Crippen molar-refractivity contribution in [2.24, 2.45) is 5.73 Å². The van der Waals surface area contributed by atoms with Crippen molar-refractivity contribution in [2.75, 3.05) is 13.2 Å². The van der Waals surface area contributed by atoms with E-state index in [1.807, 2.05) is 0 Å². The summed E-state index contributed by atoms with van der Waals surface area (Å²) < 4.78 is 24.5. The molecule has 3 rings (SSSR count). The van der Waals surface area contributed by atoms with Crippen LogP contribution >= 0.6 is 0 Å². The maximum atomic E-state index is 13.9. The quantitative estimate of drug-likeness (QED) is 0.808. The summed E-state index contributed by atoms with van der Waals surface area (Å²) in [4.78, 5) is 11.4. The number of carbonyl (C=O) groups is 1. The van der Waals surface area contributed by atoms with E-state index in [0.717, 1.165) is 12.8 Å². The molecule has 1 amide bonds. The lowest BCUT2D eigenvalue weighted by atomic mass is 10.0. The molecule has 1 atom stereocenters. The molecule has 5 heteroatoms. The Kier molecular flexibility index (Phi) is 2.70. The molecule has 2 aliphatic rings. The molecule has 0 radical (unpaired) electrons. The summed E-state index contributed by atoms with van der Waals surface area (Å²) in [7, 11) is 0. The number of rotatable bonds is 5. The van der Waals surface area contributed by atoms with Gasteiger partial charge in [0.25, 0.3) is 5.91 Å². The van der Waals surface area contributed by atoms with E-state index >= 15 is 0 Å². The topological polar surface area (TPSA) is 64.9 Å². The van der Waals surface area contributed by atoms with Crippen LogP contribution in [0.5, 0.6) is 5.75 Å². The van der Waals surface area contributed by atoms with Crippen LogP contribution in [-0.2, 0) is 4.74 Å². The highest BCUT2D eigenvalue weighted by molar-refractivity contribution is 5.96. The summed E-state index contributed by atoms with van der Waals surface area (Å²) in [5.41, 5.74) is 6.05. The zero-order chi connectivity index (χ0) is 12.7. The van der Waals surface area contributed by atoms with Crippen LogP contribution in [0.1, 0.15) is 34.7 Å². The Morgan fingerprint density at radius 2 is 2.22 bits per heavy atom. The maximum absolute atomic E-state index is 13.9. The highest BCUT2D eigenvalue weighted by atomic mass is 19.1. The van der Waals surface area contributed by atoms with Crippen molar-refractivity contribution in [3.8, 4) is 5.75 Å². The molecule has 4 nitrogen and oxygen atoms in total. The summed E-state index contributed by atoms with van der Waals surface area (Å²) in [6.07, 6.45) is 1.91. The van der Waals surface area contributed by atoms with Crippen LogP contribution in [0.15, 0.2) is 12.1 Å². The smallest absolute Gasteiger partial charge is 0.252 e. The van der Waals surface area contributed by atoms with Gasteiger partial charge in [-0.3, -0.25) is 4.79 Å². The van der Waals surface area contributed by atoms with Crippen molar-refractivity contribution in [1.82, 2.24) is 0 Å². The number of ether oxygens (including phenoxy) is 2. The zero-order valence-corrected chi connectivity index (χ0v) is 9.82. The van der Waals surface area contributed by atoms with E-state index in [1.54, 1.807) is 0 Å². The van der Waals surface area contributed by atoms with E-state index in [0.29, 0.717) is 24.5 Å². The Balaban J connectivity index is 1.97. The molecule has 1 aliphatic heterocycles. The van der Waals surface area contributed by atoms with Gasteiger partial charge in [-0.2, -0.15) is 0 Å². The first-order valence-corrected chi connectivity index (χ1v) is 6.03. The Morgan fingerprint density at radius 3 is 2.78 bits per heavy atom. The fraction of sp³-hybridized carbons (Fsp3) is 0.462. The minimum atomic E-state index is -0.594. The monoisotopic (exact) mass is 251 g/mol. The average Bonchev–Trinajstić information content (AvgIpc) is 3.19. The number of epoxide rings is 1. The van der Waals surface area contributed by atoms with Crippen molar-refractivity contribution in [3.63, 3.8) is 0 Å². The van der Waals surface area contributed by atoms with Crippen LogP contribution in [0.3, 0.4) is 0 Å². The third kappa shape index (κ3) is 2.18. The first kappa shape index (κ1) is 11.5. The SMILES string of the molecule is NC(=O)c1ccc(F)c(C2CC2)c1OCC1CO1. The Bertz CT molecular complexity index is 495. The van der Waals surface area contributed by atoms with Gasteiger partial charge in [-0.15, -0.1) is 0 Å². The van der Waals surface area contributed by atoms with Crippen LogP contribution in [0, 0.1) is 5.82 Å². The molecule has 96 valence electrons. The zero-order valence-electron chi connectivity index (χ0n) is 9.82. The molecule has 0 spiro atoms. The van der Waals surface area contributed by atoms with E-state index in [4.69, 9.17) is 15.2 Å². The fourth-order valence-corrected chi connectivity index (χ4v) is 2.02. The second-order valence-electron chi connectivity index (χ2n) is 4.74. The van der Waals surface area contributed by atoms with Crippen LogP contribution < -0.4 is 10.5 Å². The molecular weight excluding hydrogens is 237 g/mol. The number of benzene rings is 1. The van der Waals surface area contributed by atoms with Gasteiger partial charge in [-0.1, -0.05) is 0 Å². The van der Waals surface area contributed by atoms with Crippen molar-refractivity contribution in [3.05, 3.63) is 29.1 Å². The molecule has 1 saturated carbocycles. The van der Waals surface area contributed by atoms with E-state index in [1.165, 1.54) is 12.1 Å². The largest absolute Gasteiger partial charge is 0.490 e. The number of carbonyl (C=O) groups excluding carboxylic acids is 1. The molecule has 0 bridgehead atoms. The summed E-state index contributed by atoms with van der Waals surface area (Å²) in [5.74, 6) is -0.460. The van der Waals surface area contributed by atoms with Gasteiger partial charge in [-0.25, -0.2) is 4.39 Å². The standard InChI is InChI=1S/C13H14FNO3/c14-10-4-3-9(13(15)16)12(11(10)7-1-2-7)18-6-8-5-17-8/h3-4,7-8H,1-2,5-6H2,(H2,15,16). The number of hydrogen-bond acceptors (Lipinski definition) is 3. The van der Waals surface area contributed by atoms with E-state index in [-0.39, 0.29) is 23.4 Å². The number of nitrogens with two attached hydrogens (primary N) is 1. The predicted molar refractivity (Wildman–Crippen MR) is 62.1 cm³/mol. The third-order valence-electron chi connectivity index (χ3n) is 3.21. The lowest BCUT2D eigenvalue weighted by Crippen LogP contribution is -2.16. The predicted octanol–water partition coefficient (Wildman–Crippen LogP) is 1.58. The Labute approximate surface area is 104 Å². The van der Waals surface area contributed by atoms with Gasteiger partial charge >= 0.3 is 0 Å².